The molecule has 0 aliphatic rings. The van der Waals surface area contributed by atoms with Crippen LogP contribution in [0, 0.1) is 0 Å². The number of hydrogen-bond donors (Lipinski definition) is 1. The van der Waals surface area contributed by atoms with E-state index in [1.165, 1.54) is 0 Å². The second-order valence-corrected chi connectivity index (χ2v) is 3.95. The quantitative estimate of drug-likeness (QED) is 0.738. The van der Waals surface area contributed by atoms with Gasteiger partial charge in [0.05, 0.1) is 12.3 Å². The van der Waals surface area contributed by atoms with Gasteiger partial charge in [-0.2, -0.15) is 5.10 Å². The van der Waals surface area contributed by atoms with Gasteiger partial charge in [0.15, 0.2) is 0 Å². The number of amides is 1. The van der Waals surface area contributed by atoms with E-state index in [4.69, 9.17) is 5.11 Å². The molecule has 0 spiro atoms. The Morgan fingerprint density at radius 1 is 1.61 bits per heavy atom. The monoisotopic (exact) mass is 251 g/mol. The van der Waals surface area contributed by atoms with Crippen LogP contribution >= 0.6 is 0 Å². The molecule has 0 bridgehead atoms. The van der Waals surface area contributed by atoms with Crippen molar-refractivity contribution < 1.29 is 9.90 Å². The predicted octanol–water partition coefficient (Wildman–Crippen LogP) is 1.09. The molecule has 0 atom stereocenters. The Hall–Kier alpha value is -1.62. The summed E-state index contributed by atoms with van der Waals surface area (Å²) in [7, 11) is 0. The lowest BCUT2D eigenvalue weighted by Crippen LogP contribution is -2.35. The maximum absolute atomic E-state index is 12.3. The SMILES string of the molecule is C=CCN(CCO)C(=O)c1cc(CC)nn1CC. The molecular formula is C13H21N3O2. The molecule has 5 heteroatoms. The first-order valence-electron chi connectivity index (χ1n) is 6.25. The van der Waals surface area contributed by atoms with Gasteiger partial charge < -0.3 is 10.0 Å². The fourth-order valence-corrected chi connectivity index (χ4v) is 1.77. The highest BCUT2D eigenvalue weighted by Crippen LogP contribution is 2.09. The summed E-state index contributed by atoms with van der Waals surface area (Å²) < 4.78 is 1.70. The van der Waals surface area contributed by atoms with Crippen LogP contribution in [0.2, 0.25) is 0 Å². The molecule has 18 heavy (non-hydrogen) atoms. The lowest BCUT2D eigenvalue weighted by molar-refractivity contribution is 0.0730. The number of carbonyl (C=O) groups is 1. The fourth-order valence-electron chi connectivity index (χ4n) is 1.77. The van der Waals surface area contributed by atoms with Crippen molar-refractivity contribution in [1.82, 2.24) is 14.7 Å². The number of carbonyl (C=O) groups excluding carboxylic acids is 1. The van der Waals surface area contributed by atoms with Gasteiger partial charge in [-0.1, -0.05) is 13.0 Å². The van der Waals surface area contributed by atoms with E-state index in [-0.39, 0.29) is 12.5 Å². The Kier molecular flexibility index (Phi) is 5.58. The molecule has 1 rings (SSSR count). The summed E-state index contributed by atoms with van der Waals surface area (Å²) >= 11 is 0. The van der Waals surface area contributed by atoms with Gasteiger partial charge in [0.2, 0.25) is 0 Å². The van der Waals surface area contributed by atoms with Crippen LogP contribution in [-0.4, -0.2) is 45.4 Å². The first-order chi connectivity index (χ1) is 8.67. The van der Waals surface area contributed by atoms with Crippen molar-refractivity contribution >= 4 is 5.91 Å². The molecule has 100 valence electrons. The first-order valence-corrected chi connectivity index (χ1v) is 6.25. The van der Waals surface area contributed by atoms with Crippen molar-refractivity contribution in [3.8, 4) is 0 Å². The topological polar surface area (TPSA) is 58.4 Å². The molecule has 0 unspecified atom stereocenters. The average Bonchev–Trinajstić information content (AvgIpc) is 2.81. The molecule has 0 aliphatic carbocycles. The van der Waals surface area contributed by atoms with Crippen molar-refractivity contribution in [3.05, 3.63) is 30.1 Å². The fraction of sp³-hybridized carbons (Fsp3) is 0.538. The molecule has 0 saturated carbocycles. The highest BCUT2D eigenvalue weighted by molar-refractivity contribution is 5.92. The number of aliphatic hydroxyl groups excluding tert-OH is 1. The van der Waals surface area contributed by atoms with Crippen LogP contribution in [-0.2, 0) is 13.0 Å². The third kappa shape index (κ3) is 3.20. The van der Waals surface area contributed by atoms with Crippen molar-refractivity contribution in [2.45, 2.75) is 26.8 Å². The Labute approximate surface area is 108 Å². The number of hydrogen-bond acceptors (Lipinski definition) is 3. The van der Waals surface area contributed by atoms with Crippen LogP contribution in [0.4, 0.5) is 0 Å². The third-order valence-corrected chi connectivity index (χ3v) is 2.72. The van der Waals surface area contributed by atoms with E-state index in [1.54, 1.807) is 15.7 Å². The summed E-state index contributed by atoms with van der Waals surface area (Å²) in [5, 5.41) is 13.3. The average molecular weight is 251 g/mol. The minimum Gasteiger partial charge on any atom is -0.395 e. The Bertz CT molecular complexity index is 412. The van der Waals surface area contributed by atoms with Crippen molar-refractivity contribution in [2.24, 2.45) is 0 Å². The van der Waals surface area contributed by atoms with Crippen LogP contribution in [0.15, 0.2) is 18.7 Å². The molecule has 1 heterocycles. The van der Waals surface area contributed by atoms with Crippen LogP contribution in [0.5, 0.6) is 0 Å². The number of rotatable bonds is 7. The highest BCUT2D eigenvalue weighted by Gasteiger charge is 2.19. The summed E-state index contributed by atoms with van der Waals surface area (Å²) in [6.07, 6.45) is 2.45. The number of aliphatic hydroxyl groups is 1. The Balaban J connectivity index is 2.98. The summed E-state index contributed by atoms with van der Waals surface area (Å²) in [6, 6.07) is 1.82. The van der Waals surface area contributed by atoms with Crippen molar-refractivity contribution in [1.29, 1.82) is 0 Å². The van der Waals surface area contributed by atoms with Crippen molar-refractivity contribution in [3.63, 3.8) is 0 Å². The molecule has 1 amide bonds. The van der Waals surface area contributed by atoms with Gasteiger partial charge >= 0.3 is 0 Å². The molecule has 0 fully saturated rings. The first kappa shape index (κ1) is 14.4. The standard InChI is InChI=1S/C13H21N3O2/c1-4-7-15(8-9-17)13(18)12-10-11(5-2)14-16(12)6-3/h4,10,17H,1,5-9H2,2-3H3. The summed E-state index contributed by atoms with van der Waals surface area (Å²) in [5.41, 5.74) is 1.48. The summed E-state index contributed by atoms with van der Waals surface area (Å²) in [6.45, 7) is 8.91. The molecule has 0 aliphatic heterocycles. The maximum atomic E-state index is 12.3. The Morgan fingerprint density at radius 3 is 2.83 bits per heavy atom. The van der Waals surface area contributed by atoms with Gasteiger partial charge in [-0.3, -0.25) is 9.48 Å². The van der Waals surface area contributed by atoms with Gasteiger partial charge in [-0.15, -0.1) is 6.58 Å². The molecule has 0 radical (unpaired) electrons. The highest BCUT2D eigenvalue weighted by atomic mass is 16.3. The van der Waals surface area contributed by atoms with E-state index < -0.39 is 0 Å². The van der Waals surface area contributed by atoms with E-state index in [2.05, 4.69) is 11.7 Å². The van der Waals surface area contributed by atoms with Crippen LogP contribution < -0.4 is 0 Å². The van der Waals surface area contributed by atoms with E-state index in [9.17, 15) is 4.79 Å². The minimum atomic E-state index is -0.113. The van der Waals surface area contributed by atoms with Gasteiger partial charge in [0.1, 0.15) is 5.69 Å². The van der Waals surface area contributed by atoms with Gasteiger partial charge in [0, 0.05) is 19.6 Å². The van der Waals surface area contributed by atoms with E-state index >= 15 is 0 Å². The van der Waals surface area contributed by atoms with Crippen molar-refractivity contribution in [2.75, 3.05) is 19.7 Å². The predicted molar refractivity (Wildman–Crippen MR) is 70.5 cm³/mol. The van der Waals surface area contributed by atoms with E-state index in [0.717, 1.165) is 12.1 Å². The van der Waals surface area contributed by atoms with E-state index in [0.29, 0.717) is 25.3 Å². The number of nitrogens with zero attached hydrogens (tertiary/aromatic N) is 3. The Morgan fingerprint density at radius 2 is 2.33 bits per heavy atom. The second-order valence-electron chi connectivity index (χ2n) is 3.95. The van der Waals surface area contributed by atoms with Crippen LogP contribution in [0.25, 0.3) is 0 Å². The normalized spacial score (nSPS) is 10.4. The molecule has 0 saturated heterocycles. The summed E-state index contributed by atoms with van der Waals surface area (Å²) in [4.78, 5) is 13.9. The summed E-state index contributed by atoms with van der Waals surface area (Å²) in [5.74, 6) is -0.113. The number of aromatic nitrogens is 2. The molecule has 1 N–H and O–H groups in total. The lowest BCUT2D eigenvalue weighted by Gasteiger charge is -2.20. The maximum Gasteiger partial charge on any atom is 0.272 e. The molecule has 1 aromatic heterocycles. The zero-order chi connectivity index (χ0) is 13.5. The van der Waals surface area contributed by atoms with Crippen LogP contribution in [0.1, 0.15) is 30.0 Å². The molecule has 0 aromatic carbocycles. The minimum absolute atomic E-state index is 0.0551. The van der Waals surface area contributed by atoms with Gasteiger partial charge in [-0.05, 0) is 19.4 Å². The molecule has 1 aromatic rings. The number of aryl methyl sites for hydroxylation is 2. The smallest absolute Gasteiger partial charge is 0.272 e. The zero-order valence-electron chi connectivity index (χ0n) is 11.1. The second kappa shape index (κ2) is 6.96. The lowest BCUT2D eigenvalue weighted by atomic mass is 10.2. The van der Waals surface area contributed by atoms with Gasteiger partial charge in [0.25, 0.3) is 5.91 Å². The van der Waals surface area contributed by atoms with Crippen LogP contribution in [0.3, 0.4) is 0 Å². The molecular weight excluding hydrogens is 230 g/mol. The third-order valence-electron chi connectivity index (χ3n) is 2.72. The zero-order valence-corrected chi connectivity index (χ0v) is 11.1. The van der Waals surface area contributed by atoms with E-state index in [1.807, 2.05) is 19.9 Å². The largest absolute Gasteiger partial charge is 0.395 e. The van der Waals surface area contributed by atoms with Gasteiger partial charge in [-0.25, -0.2) is 0 Å². The molecule has 5 nitrogen and oxygen atoms in total.